The van der Waals surface area contributed by atoms with Crippen LogP contribution in [-0.4, -0.2) is 24.5 Å². The van der Waals surface area contributed by atoms with Gasteiger partial charge in [-0.15, -0.1) is 0 Å². The van der Waals surface area contributed by atoms with Gasteiger partial charge in [0.2, 0.25) is 0 Å². The molecule has 0 saturated heterocycles. The molecule has 0 spiro atoms. The molecule has 20 heavy (non-hydrogen) atoms. The molecule has 2 aromatic rings. The van der Waals surface area contributed by atoms with Crippen LogP contribution in [0.15, 0.2) is 24.4 Å². The fourth-order valence-electron chi connectivity index (χ4n) is 2.02. The van der Waals surface area contributed by atoms with Crippen LogP contribution in [0, 0.1) is 20.8 Å². The Bertz CT molecular complexity index is 713. The molecule has 1 aromatic carbocycles. The summed E-state index contributed by atoms with van der Waals surface area (Å²) in [5.41, 5.74) is 4.78. The number of aryl methyl sites for hydroxylation is 3. The van der Waals surface area contributed by atoms with Crippen LogP contribution in [0.5, 0.6) is 0 Å². The Kier molecular flexibility index (Phi) is 3.96. The Morgan fingerprint density at radius 1 is 1.15 bits per heavy atom. The van der Waals surface area contributed by atoms with Crippen LogP contribution in [0.3, 0.4) is 0 Å². The third-order valence-corrected chi connectivity index (χ3v) is 3.45. The number of hydrogen-bond acceptors (Lipinski definition) is 4. The number of benzene rings is 1. The lowest BCUT2D eigenvalue weighted by Gasteiger charge is -2.04. The lowest BCUT2D eigenvalue weighted by atomic mass is 10.1. The summed E-state index contributed by atoms with van der Waals surface area (Å²) in [5, 5.41) is 4.41. The van der Waals surface area contributed by atoms with E-state index in [4.69, 9.17) is 4.18 Å². The fourth-order valence-corrected chi connectivity index (χ4v) is 2.36. The standard InChI is InChI=1S/C14H18N2O3S/c1-10-5-11(2)7-14(6-10)16-8-13(12(3)15-16)9-19-20(4,17)18/h5-8H,9H2,1-4H3. The van der Waals surface area contributed by atoms with Gasteiger partial charge in [-0.05, 0) is 44.0 Å². The van der Waals surface area contributed by atoms with Crippen molar-refractivity contribution in [2.75, 3.05) is 6.26 Å². The second-order valence-corrected chi connectivity index (χ2v) is 6.64. The third kappa shape index (κ3) is 3.68. The normalized spacial score (nSPS) is 11.8. The molecular formula is C14H18N2O3S. The second kappa shape index (κ2) is 5.38. The van der Waals surface area contributed by atoms with Gasteiger partial charge in [0.25, 0.3) is 10.1 Å². The first-order valence-electron chi connectivity index (χ1n) is 6.23. The highest BCUT2D eigenvalue weighted by Crippen LogP contribution is 2.16. The van der Waals surface area contributed by atoms with E-state index in [1.165, 1.54) is 0 Å². The molecule has 0 fully saturated rings. The van der Waals surface area contributed by atoms with Gasteiger partial charge in [-0.3, -0.25) is 4.18 Å². The Morgan fingerprint density at radius 3 is 2.30 bits per heavy atom. The van der Waals surface area contributed by atoms with E-state index in [0.29, 0.717) is 0 Å². The van der Waals surface area contributed by atoms with Crippen molar-refractivity contribution >= 4 is 10.1 Å². The van der Waals surface area contributed by atoms with Gasteiger partial charge >= 0.3 is 0 Å². The molecule has 2 rings (SSSR count). The van der Waals surface area contributed by atoms with Crippen LogP contribution < -0.4 is 0 Å². The van der Waals surface area contributed by atoms with Crippen LogP contribution in [-0.2, 0) is 20.9 Å². The minimum atomic E-state index is -3.44. The summed E-state index contributed by atoms with van der Waals surface area (Å²) in [7, 11) is -3.44. The van der Waals surface area contributed by atoms with E-state index < -0.39 is 10.1 Å². The van der Waals surface area contributed by atoms with Gasteiger partial charge in [-0.25, -0.2) is 4.68 Å². The van der Waals surface area contributed by atoms with E-state index in [1.807, 2.05) is 32.9 Å². The summed E-state index contributed by atoms with van der Waals surface area (Å²) in [6.45, 7) is 5.90. The van der Waals surface area contributed by atoms with Crippen molar-refractivity contribution in [3.63, 3.8) is 0 Å². The number of rotatable bonds is 4. The zero-order chi connectivity index (χ0) is 14.9. The van der Waals surface area contributed by atoms with Crippen molar-refractivity contribution in [1.82, 2.24) is 9.78 Å². The zero-order valence-electron chi connectivity index (χ0n) is 12.0. The lowest BCUT2D eigenvalue weighted by molar-refractivity contribution is 0.311. The molecule has 6 heteroatoms. The van der Waals surface area contributed by atoms with Crippen LogP contribution in [0.1, 0.15) is 22.4 Å². The number of aromatic nitrogens is 2. The molecule has 0 saturated carbocycles. The number of hydrogen-bond donors (Lipinski definition) is 0. The molecule has 5 nitrogen and oxygen atoms in total. The molecule has 0 N–H and O–H groups in total. The summed E-state index contributed by atoms with van der Waals surface area (Å²) in [6, 6.07) is 6.15. The number of nitrogens with zero attached hydrogens (tertiary/aromatic N) is 2. The van der Waals surface area contributed by atoms with E-state index in [-0.39, 0.29) is 6.61 Å². The molecular weight excluding hydrogens is 276 g/mol. The topological polar surface area (TPSA) is 61.2 Å². The highest BCUT2D eigenvalue weighted by atomic mass is 32.2. The predicted molar refractivity (Wildman–Crippen MR) is 77.4 cm³/mol. The fraction of sp³-hybridized carbons (Fsp3) is 0.357. The Balaban J connectivity index is 2.31. The Morgan fingerprint density at radius 2 is 1.75 bits per heavy atom. The van der Waals surface area contributed by atoms with Crippen molar-refractivity contribution in [2.24, 2.45) is 0 Å². The molecule has 0 unspecified atom stereocenters. The lowest BCUT2D eigenvalue weighted by Crippen LogP contribution is -2.02. The molecule has 0 aliphatic heterocycles. The molecule has 0 radical (unpaired) electrons. The van der Waals surface area contributed by atoms with Crippen molar-refractivity contribution in [3.8, 4) is 5.69 Å². The van der Waals surface area contributed by atoms with Gasteiger partial charge in [0, 0.05) is 11.8 Å². The van der Waals surface area contributed by atoms with Crippen molar-refractivity contribution in [1.29, 1.82) is 0 Å². The maximum absolute atomic E-state index is 11.0. The molecule has 0 aliphatic carbocycles. The van der Waals surface area contributed by atoms with Crippen LogP contribution >= 0.6 is 0 Å². The van der Waals surface area contributed by atoms with E-state index >= 15 is 0 Å². The van der Waals surface area contributed by atoms with Crippen LogP contribution in [0.4, 0.5) is 0 Å². The van der Waals surface area contributed by atoms with Crippen molar-refractivity contribution < 1.29 is 12.6 Å². The molecule has 0 bridgehead atoms. The van der Waals surface area contributed by atoms with Crippen molar-refractivity contribution in [3.05, 3.63) is 46.8 Å². The summed E-state index contributed by atoms with van der Waals surface area (Å²) >= 11 is 0. The average Bonchev–Trinajstić information content (AvgIpc) is 2.66. The summed E-state index contributed by atoms with van der Waals surface area (Å²) in [6.07, 6.45) is 2.84. The van der Waals surface area contributed by atoms with E-state index in [9.17, 15) is 8.42 Å². The molecule has 1 aromatic heterocycles. The minimum Gasteiger partial charge on any atom is -0.265 e. The Labute approximate surface area is 119 Å². The monoisotopic (exact) mass is 294 g/mol. The van der Waals surface area contributed by atoms with Crippen molar-refractivity contribution in [2.45, 2.75) is 27.4 Å². The van der Waals surface area contributed by atoms with Crippen LogP contribution in [0.2, 0.25) is 0 Å². The molecule has 0 amide bonds. The second-order valence-electron chi connectivity index (χ2n) is 5.00. The largest absolute Gasteiger partial charge is 0.265 e. The van der Waals surface area contributed by atoms with E-state index in [0.717, 1.165) is 34.3 Å². The maximum Gasteiger partial charge on any atom is 0.264 e. The highest BCUT2D eigenvalue weighted by Gasteiger charge is 2.10. The molecule has 0 atom stereocenters. The molecule has 0 aliphatic rings. The third-order valence-electron chi connectivity index (χ3n) is 2.90. The minimum absolute atomic E-state index is 0.00939. The van der Waals surface area contributed by atoms with E-state index in [1.54, 1.807) is 10.9 Å². The Hall–Kier alpha value is -1.66. The van der Waals surface area contributed by atoms with Gasteiger partial charge in [0.15, 0.2) is 0 Å². The molecule has 1 heterocycles. The molecule has 108 valence electrons. The highest BCUT2D eigenvalue weighted by molar-refractivity contribution is 7.85. The van der Waals surface area contributed by atoms with Crippen LogP contribution in [0.25, 0.3) is 5.69 Å². The quantitative estimate of drug-likeness (QED) is 0.812. The van der Waals surface area contributed by atoms with Gasteiger partial charge in [0.1, 0.15) is 0 Å². The average molecular weight is 294 g/mol. The van der Waals surface area contributed by atoms with Gasteiger partial charge in [0.05, 0.1) is 24.2 Å². The zero-order valence-corrected chi connectivity index (χ0v) is 12.9. The predicted octanol–water partition coefficient (Wildman–Crippen LogP) is 2.27. The first kappa shape index (κ1) is 14.7. The van der Waals surface area contributed by atoms with Gasteiger partial charge in [-0.2, -0.15) is 13.5 Å². The first-order valence-corrected chi connectivity index (χ1v) is 8.04. The first-order chi connectivity index (χ1) is 9.24. The van der Waals surface area contributed by atoms with Gasteiger partial charge in [-0.1, -0.05) is 6.07 Å². The van der Waals surface area contributed by atoms with E-state index in [2.05, 4.69) is 11.2 Å². The smallest absolute Gasteiger partial charge is 0.264 e. The maximum atomic E-state index is 11.0. The summed E-state index contributed by atoms with van der Waals surface area (Å²) in [5.74, 6) is 0. The summed E-state index contributed by atoms with van der Waals surface area (Å²) < 4.78 is 28.6. The SMILES string of the molecule is Cc1cc(C)cc(-n2cc(COS(C)(=O)=O)c(C)n2)c1. The summed E-state index contributed by atoms with van der Waals surface area (Å²) in [4.78, 5) is 0. The van der Waals surface area contributed by atoms with Gasteiger partial charge < -0.3 is 0 Å².